The molecule has 0 bridgehead atoms. The summed E-state index contributed by atoms with van der Waals surface area (Å²) in [6.45, 7) is 0. The highest BCUT2D eigenvalue weighted by atomic mass is 32.1. The van der Waals surface area contributed by atoms with Crippen LogP contribution in [0.5, 0.6) is 0 Å². The average molecular weight is 305 g/mol. The van der Waals surface area contributed by atoms with Gasteiger partial charge in [-0.2, -0.15) is 0 Å². The zero-order valence-electron chi connectivity index (χ0n) is 11.5. The van der Waals surface area contributed by atoms with Gasteiger partial charge in [-0.3, -0.25) is 4.79 Å². The van der Waals surface area contributed by atoms with Crippen LogP contribution in [-0.2, 0) is 0 Å². The number of carbonyl (C=O) groups is 1. The van der Waals surface area contributed by atoms with Crippen LogP contribution in [0.2, 0.25) is 0 Å². The number of aromatic nitrogens is 3. The molecular formula is C17H11N3OS. The van der Waals surface area contributed by atoms with Gasteiger partial charge >= 0.3 is 0 Å². The van der Waals surface area contributed by atoms with Crippen LogP contribution in [0.15, 0.2) is 60.1 Å². The summed E-state index contributed by atoms with van der Waals surface area (Å²) in [6.07, 6.45) is 1.75. The van der Waals surface area contributed by atoms with E-state index in [-0.39, 0.29) is 5.78 Å². The highest BCUT2D eigenvalue weighted by Crippen LogP contribution is 2.23. The molecule has 0 amide bonds. The van der Waals surface area contributed by atoms with Crippen LogP contribution in [0.1, 0.15) is 15.9 Å². The molecule has 4 rings (SSSR count). The Morgan fingerprint density at radius 3 is 2.68 bits per heavy atom. The zero-order chi connectivity index (χ0) is 14.9. The lowest BCUT2D eigenvalue weighted by molar-refractivity contribution is 0.103. The van der Waals surface area contributed by atoms with Crippen molar-refractivity contribution in [1.82, 2.24) is 15.0 Å². The van der Waals surface area contributed by atoms with Crippen molar-refractivity contribution in [1.29, 1.82) is 0 Å². The van der Waals surface area contributed by atoms with Gasteiger partial charge in [0.2, 0.25) is 0 Å². The van der Waals surface area contributed by atoms with E-state index < -0.39 is 0 Å². The molecule has 22 heavy (non-hydrogen) atoms. The van der Waals surface area contributed by atoms with Crippen molar-refractivity contribution in [3.8, 4) is 10.8 Å². The van der Waals surface area contributed by atoms with E-state index in [1.807, 2.05) is 53.9 Å². The van der Waals surface area contributed by atoms with E-state index in [0.717, 1.165) is 21.9 Å². The van der Waals surface area contributed by atoms with E-state index in [1.165, 1.54) is 11.3 Å². The van der Waals surface area contributed by atoms with Crippen molar-refractivity contribution < 1.29 is 4.79 Å². The second-order valence-corrected chi connectivity index (χ2v) is 5.74. The number of nitrogens with one attached hydrogen (secondary N) is 1. The number of imidazole rings is 1. The molecule has 0 unspecified atom stereocenters. The Balaban J connectivity index is 1.76. The maximum absolute atomic E-state index is 12.5. The first-order valence-electron chi connectivity index (χ1n) is 6.81. The molecule has 0 aliphatic carbocycles. The van der Waals surface area contributed by atoms with Crippen molar-refractivity contribution >= 4 is 28.2 Å². The topological polar surface area (TPSA) is 58.6 Å². The van der Waals surface area contributed by atoms with Gasteiger partial charge < -0.3 is 4.98 Å². The van der Waals surface area contributed by atoms with Crippen LogP contribution in [0, 0.1) is 0 Å². The van der Waals surface area contributed by atoms with E-state index >= 15 is 0 Å². The number of rotatable bonds is 3. The molecule has 2 aromatic heterocycles. The zero-order valence-corrected chi connectivity index (χ0v) is 12.3. The van der Waals surface area contributed by atoms with Gasteiger partial charge in [-0.15, -0.1) is 11.3 Å². The molecule has 0 saturated carbocycles. The third kappa shape index (κ3) is 2.21. The molecule has 2 heterocycles. The number of hydrogen-bond acceptors (Lipinski definition) is 4. The van der Waals surface area contributed by atoms with Crippen molar-refractivity contribution in [2.75, 3.05) is 0 Å². The lowest BCUT2D eigenvalue weighted by Crippen LogP contribution is -2.00. The van der Waals surface area contributed by atoms with Gasteiger partial charge in [0.1, 0.15) is 0 Å². The first-order valence-corrected chi connectivity index (χ1v) is 7.68. The minimum atomic E-state index is 0.00731. The van der Waals surface area contributed by atoms with Crippen LogP contribution in [0.25, 0.3) is 21.9 Å². The number of ketones is 1. The first kappa shape index (κ1) is 12.9. The van der Waals surface area contributed by atoms with Crippen LogP contribution in [0.4, 0.5) is 0 Å². The highest BCUT2D eigenvalue weighted by molar-refractivity contribution is 7.13. The Bertz CT molecular complexity index is 943. The lowest BCUT2D eigenvalue weighted by Gasteiger charge is -2.00. The van der Waals surface area contributed by atoms with Crippen molar-refractivity contribution in [2.45, 2.75) is 0 Å². The summed E-state index contributed by atoms with van der Waals surface area (Å²) in [6, 6.07) is 14.8. The number of hydrogen-bond donors (Lipinski definition) is 1. The Morgan fingerprint density at radius 1 is 1.05 bits per heavy atom. The number of aromatic amines is 1. The fraction of sp³-hybridized carbons (Fsp3) is 0. The number of fused-ring (bicyclic) bond motifs is 1. The number of benzene rings is 2. The standard InChI is InChI=1S/C17H11N3OS/c21-15(11-4-2-1-3-5-11)12-6-7-13-14(10-12)20-16(19-13)17-18-8-9-22-17/h1-10H,(H,19,20). The summed E-state index contributed by atoms with van der Waals surface area (Å²) in [5, 5.41) is 2.75. The molecule has 4 nitrogen and oxygen atoms in total. The van der Waals surface area contributed by atoms with Crippen molar-refractivity contribution in [3.05, 3.63) is 71.2 Å². The molecule has 1 N–H and O–H groups in total. The third-order valence-electron chi connectivity index (χ3n) is 3.41. The van der Waals surface area contributed by atoms with Crippen molar-refractivity contribution in [2.24, 2.45) is 0 Å². The highest BCUT2D eigenvalue weighted by Gasteiger charge is 2.12. The number of nitrogens with zero attached hydrogens (tertiary/aromatic N) is 2. The first-order chi connectivity index (χ1) is 10.8. The minimum Gasteiger partial charge on any atom is -0.336 e. The van der Waals surface area contributed by atoms with Crippen LogP contribution in [0.3, 0.4) is 0 Å². The van der Waals surface area contributed by atoms with Gasteiger partial charge in [-0.05, 0) is 18.2 Å². The summed E-state index contributed by atoms with van der Waals surface area (Å²) in [5.41, 5.74) is 3.00. The Labute approximate surface area is 130 Å². The molecule has 0 radical (unpaired) electrons. The fourth-order valence-electron chi connectivity index (χ4n) is 2.35. The second kappa shape index (κ2) is 5.20. The maximum Gasteiger partial charge on any atom is 0.193 e. The van der Waals surface area contributed by atoms with Gasteiger partial charge in [0.15, 0.2) is 16.6 Å². The predicted molar refractivity (Wildman–Crippen MR) is 87.1 cm³/mol. The summed E-state index contributed by atoms with van der Waals surface area (Å²) < 4.78 is 0. The molecule has 5 heteroatoms. The summed E-state index contributed by atoms with van der Waals surface area (Å²) >= 11 is 1.53. The molecule has 0 aliphatic heterocycles. The summed E-state index contributed by atoms with van der Waals surface area (Å²) in [7, 11) is 0. The second-order valence-electron chi connectivity index (χ2n) is 4.85. The third-order valence-corrected chi connectivity index (χ3v) is 4.19. The molecule has 0 fully saturated rings. The van der Waals surface area contributed by atoms with Crippen molar-refractivity contribution in [3.63, 3.8) is 0 Å². The normalized spacial score (nSPS) is 10.9. The Hall–Kier alpha value is -2.79. The van der Waals surface area contributed by atoms with E-state index in [1.54, 1.807) is 6.20 Å². The smallest absolute Gasteiger partial charge is 0.193 e. The molecule has 106 valence electrons. The quantitative estimate of drug-likeness (QED) is 0.584. The van der Waals surface area contributed by atoms with Crippen LogP contribution < -0.4 is 0 Å². The van der Waals surface area contributed by atoms with Gasteiger partial charge in [0.25, 0.3) is 0 Å². The van der Waals surface area contributed by atoms with Crippen LogP contribution in [-0.4, -0.2) is 20.7 Å². The summed E-state index contributed by atoms with van der Waals surface area (Å²) in [5.74, 6) is 0.738. The molecule has 0 spiro atoms. The lowest BCUT2D eigenvalue weighted by atomic mass is 10.0. The number of carbonyl (C=O) groups excluding carboxylic acids is 1. The van der Waals surface area contributed by atoms with Gasteiger partial charge in [0, 0.05) is 22.7 Å². The van der Waals surface area contributed by atoms with E-state index in [0.29, 0.717) is 11.1 Å². The predicted octanol–water partition coefficient (Wildman–Crippen LogP) is 3.92. The maximum atomic E-state index is 12.5. The molecule has 0 atom stereocenters. The van der Waals surface area contributed by atoms with E-state index in [9.17, 15) is 4.79 Å². The van der Waals surface area contributed by atoms with E-state index in [2.05, 4.69) is 15.0 Å². The molecule has 4 aromatic rings. The summed E-state index contributed by atoms with van der Waals surface area (Å²) in [4.78, 5) is 24.5. The SMILES string of the molecule is O=C(c1ccccc1)c1ccc2nc(-c3nccs3)[nH]c2c1. The average Bonchev–Trinajstić information content (AvgIpc) is 3.23. The molecule has 0 saturated heterocycles. The van der Waals surface area contributed by atoms with E-state index in [4.69, 9.17) is 0 Å². The van der Waals surface area contributed by atoms with Crippen LogP contribution >= 0.6 is 11.3 Å². The Kier molecular flexibility index (Phi) is 3.05. The van der Waals surface area contributed by atoms with Gasteiger partial charge in [-0.1, -0.05) is 30.3 Å². The van der Waals surface area contributed by atoms with Gasteiger partial charge in [0.05, 0.1) is 11.0 Å². The molecular weight excluding hydrogens is 294 g/mol. The minimum absolute atomic E-state index is 0.00731. The molecule has 0 aliphatic rings. The Morgan fingerprint density at radius 2 is 1.91 bits per heavy atom. The number of thiazole rings is 1. The molecule has 2 aromatic carbocycles. The monoisotopic (exact) mass is 305 g/mol. The van der Waals surface area contributed by atoms with Gasteiger partial charge in [-0.25, -0.2) is 9.97 Å². The number of H-pyrrole nitrogens is 1. The fourth-order valence-corrected chi connectivity index (χ4v) is 2.93. The largest absolute Gasteiger partial charge is 0.336 e.